The summed E-state index contributed by atoms with van der Waals surface area (Å²) < 4.78 is 5.30. The van der Waals surface area contributed by atoms with Crippen LogP contribution in [0.2, 0.25) is 0 Å². The van der Waals surface area contributed by atoms with Crippen LogP contribution in [0.25, 0.3) is 0 Å². The van der Waals surface area contributed by atoms with Crippen LogP contribution in [0.1, 0.15) is 43.9 Å². The molecule has 0 amide bonds. The van der Waals surface area contributed by atoms with Crippen molar-refractivity contribution in [1.29, 1.82) is 0 Å². The molecular formula is C12H19NOS. The van der Waals surface area contributed by atoms with Crippen LogP contribution in [0.4, 0.5) is 0 Å². The quantitative estimate of drug-likeness (QED) is 0.854. The van der Waals surface area contributed by atoms with Crippen molar-refractivity contribution in [3.8, 4) is 0 Å². The molecule has 2 rings (SSSR count). The number of thioether (sulfide) groups is 1. The smallest absolute Gasteiger partial charge is 0.121 e. The van der Waals surface area contributed by atoms with Gasteiger partial charge in [-0.2, -0.15) is 11.8 Å². The van der Waals surface area contributed by atoms with E-state index >= 15 is 0 Å². The molecule has 1 unspecified atom stereocenters. The molecule has 84 valence electrons. The standard InChI is InChI=1S/C12H19NOS/c13-11(12-7-4-8-14-12)9-15-10-5-2-1-3-6-10/h4,7-8,10-11H,1-3,5-6,9,13H2. The monoisotopic (exact) mass is 225 g/mol. The third-order valence-corrected chi connectivity index (χ3v) is 4.47. The van der Waals surface area contributed by atoms with Gasteiger partial charge >= 0.3 is 0 Å². The summed E-state index contributed by atoms with van der Waals surface area (Å²) in [5, 5.41) is 0.833. The second-order valence-electron chi connectivity index (χ2n) is 4.22. The molecule has 1 heterocycles. The second-order valence-corrected chi connectivity index (χ2v) is 5.55. The minimum Gasteiger partial charge on any atom is -0.468 e. The van der Waals surface area contributed by atoms with Gasteiger partial charge in [0.2, 0.25) is 0 Å². The number of rotatable bonds is 4. The number of hydrogen-bond donors (Lipinski definition) is 1. The Morgan fingerprint density at radius 2 is 2.20 bits per heavy atom. The Balaban J connectivity index is 1.73. The van der Waals surface area contributed by atoms with E-state index in [-0.39, 0.29) is 6.04 Å². The summed E-state index contributed by atoms with van der Waals surface area (Å²) in [6.07, 6.45) is 8.65. The zero-order chi connectivity index (χ0) is 10.5. The zero-order valence-corrected chi connectivity index (χ0v) is 9.84. The molecule has 2 N–H and O–H groups in total. The normalized spacial score (nSPS) is 20.3. The van der Waals surface area contributed by atoms with Gasteiger partial charge < -0.3 is 10.2 Å². The van der Waals surface area contributed by atoms with Gasteiger partial charge in [0.15, 0.2) is 0 Å². The molecule has 1 aliphatic carbocycles. The molecule has 1 aromatic heterocycles. The van der Waals surface area contributed by atoms with Gasteiger partial charge in [-0.15, -0.1) is 0 Å². The van der Waals surface area contributed by atoms with Crippen molar-refractivity contribution in [3.05, 3.63) is 24.2 Å². The maximum atomic E-state index is 6.04. The van der Waals surface area contributed by atoms with Crippen LogP contribution in [0.3, 0.4) is 0 Å². The highest BCUT2D eigenvalue weighted by Crippen LogP contribution is 2.30. The summed E-state index contributed by atoms with van der Waals surface area (Å²) >= 11 is 2.02. The summed E-state index contributed by atoms with van der Waals surface area (Å²) in [4.78, 5) is 0. The lowest BCUT2D eigenvalue weighted by atomic mass is 10.0. The fourth-order valence-corrected chi connectivity index (χ4v) is 3.37. The van der Waals surface area contributed by atoms with Crippen molar-refractivity contribution in [2.24, 2.45) is 5.73 Å². The first-order valence-corrected chi connectivity index (χ1v) is 6.82. The first-order chi connectivity index (χ1) is 7.36. The van der Waals surface area contributed by atoms with Gasteiger partial charge in [-0.05, 0) is 25.0 Å². The van der Waals surface area contributed by atoms with Crippen LogP contribution in [0.15, 0.2) is 22.8 Å². The van der Waals surface area contributed by atoms with Gasteiger partial charge in [-0.25, -0.2) is 0 Å². The Kier molecular flexibility index (Phi) is 4.15. The average Bonchev–Trinajstić information content (AvgIpc) is 2.81. The molecule has 1 fully saturated rings. The van der Waals surface area contributed by atoms with E-state index in [1.807, 2.05) is 23.9 Å². The maximum Gasteiger partial charge on any atom is 0.121 e. The summed E-state index contributed by atoms with van der Waals surface area (Å²) in [6.45, 7) is 0. The predicted octanol–water partition coefficient (Wildman–Crippen LogP) is 3.35. The maximum absolute atomic E-state index is 6.04. The van der Waals surface area contributed by atoms with Crippen molar-refractivity contribution in [3.63, 3.8) is 0 Å². The van der Waals surface area contributed by atoms with Gasteiger partial charge in [-0.1, -0.05) is 19.3 Å². The summed E-state index contributed by atoms with van der Waals surface area (Å²) in [6, 6.07) is 3.93. The minimum atomic E-state index is 0.0620. The average molecular weight is 225 g/mol. The zero-order valence-electron chi connectivity index (χ0n) is 9.02. The molecule has 1 atom stereocenters. The molecular weight excluding hydrogens is 206 g/mol. The van der Waals surface area contributed by atoms with Crippen LogP contribution < -0.4 is 5.73 Å². The van der Waals surface area contributed by atoms with Crippen molar-refractivity contribution in [2.75, 3.05) is 5.75 Å². The van der Waals surface area contributed by atoms with Crippen molar-refractivity contribution < 1.29 is 4.42 Å². The summed E-state index contributed by atoms with van der Waals surface area (Å²) in [7, 11) is 0. The second kappa shape index (κ2) is 5.61. The van der Waals surface area contributed by atoms with Crippen LogP contribution in [0, 0.1) is 0 Å². The first-order valence-electron chi connectivity index (χ1n) is 5.77. The van der Waals surface area contributed by atoms with Gasteiger partial charge in [0.05, 0.1) is 12.3 Å². The van der Waals surface area contributed by atoms with Crippen LogP contribution in [-0.2, 0) is 0 Å². The van der Waals surface area contributed by atoms with E-state index in [1.54, 1.807) is 6.26 Å². The molecule has 0 radical (unpaired) electrons. The fourth-order valence-electron chi connectivity index (χ4n) is 2.06. The highest BCUT2D eigenvalue weighted by molar-refractivity contribution is 7.99. The fraction of sp³-hybridized carbons (Fsp3) is 0.667. The molecule has 0 aromatic carbocycles. The number of furan rings is 1. The van der Waals surface area contributed by atoms with Crippen molar-refractivity contribution in [2.45, 2.75) is 43.4 Å². The lowest BCUT2D eigenvalue weighted by Gasteiger charge is -2.22. The van der Waals surface area contributed by atoms with Gasteiger partial charge in [0, 0.05) is 11.0 Å². The van der Waals surface area contributed by atoms with E-state index in [1.165, 1.54) is 32.1 Å². The topological polar surface area (TPSA) is 39.2 Å². The lowest BCUT2D eigenvalue weighted by Crippen LogP contribution is -2.16. The van der Waals surface area contributed by atoms with E-state index in [0.717, 1.165) is 16.8 Å². The summed E-state index contributed by atoms with van der Waals surface area (Å²) in [5.41, 5.74) is 6.04. The van der Waals surface area contributed by atoms with E-state index in [0.29, 0.717) is 0 Å². The molecule has 15 heavy (non-hydrogen) atoms. The van der Waals surface area contributed by atoms with Gasteiger partial charge in [-0.3, -0.25) is 0 Å². The molecule has 0 aliphatic heterocycles. The molecule has 0 bridgehead atoms. The molecule has 0 spiro atoms. The van der Waals surface area contributed by atoms with E-state index < -0.39 is 0 Å². The number of hydrogen-bond acceptors (Lipinski definition) is 3. The van der Waals surface area contributed by atoms with Crippen LogP contribution >= 0.6 is 11.8 Å². The Morgan fingerprint density at radius 1 is 1.40 bits per heavy atom. The first kappa shape index (κ1) is 11.1. The Labute approximate surface area is 95.6 Å². The van der Waals surface area contributed by atoms with Crippen molar-refractivity contribution in [1.82, 2.24) is 0 Å². The number of nitrogens with two attached hydrogens (primary N) is 1. The van der Waals surface area contributed by atoms with Crippen LogP contribution in [0.5, 0.6) is 0 Å². The molecule has 2 nitrogen and oxygen atoms in total. The molecule has 3 heteroatoms. The van der Waals surface area contributed by atoms with Crippen molar-refractivity contribution >= 4 is 11.8 Å². The molecule has 1 aliphatic rings. The van der Waals surface area contributed by atoms with E-state index in [9.17, 15) is 0 Å². The Morgan fingerprint density at radius 3 is 2.87 bits per heavy atom. The van der Waals surface area contributed by atoms with Gasteiger partial charge in [0.25, 0.3) is 0 Å². The molecule has 1 aromatic rings. The van der Waals surface area contributed by atoms with Gasteiger partial charge in [0.1, 0.15) is 5.76 Å². The Hall–Kier alpha value is -0.410. The third kappa shape index (κ3) is 3.28. The largest absolute Gasteiger partial charge is 0.468 e. The molecule has 1 saturated carbocycles. The minimum absolute atomic E-state index is 0.0620. The van der Waals surface area contributed by atoms with E-state index in [4.69, 9.17) is 10.2 Å². The molecule has 0 saturated heterocycles. The third-order valence-electron chi connectivity index (χ3n) is 2.97. The van der Waals surface area contributed by atoms with E-state index in [2.05, 4.69) is 0 Å². The highest BCUT2D eigenvalue weighted by atomic mass is 32.2. The predicted molar refractivity (Wildman–Crippen MR) is 65.0 cm³/mol. The lowest BCUT2D eigenvalue weighted by molar-refractivity contribution is 0.480. The highest BCUT2D eigenvalue weighted by Gasteiger charge is 2.16. The Bertz CT molecular complexity index is 267. The summed E-state index contributed by atoms with van der Waals surface area (Å²) in [5.74, 6) is 1.90. The SMILES string of the molecule is NC(CSC1CCCCC1)c1ccco1. The van der Waals surface area contributed by atoms with Crippen LogP contribution in [-0.4, -0.2) is 11.0 Å².